The van der Waals surface area contributed by atoms with Crippen LogP contribution in [-0.4, -0.2) is 49.1 Å². The third-order valence-corrected chi connectivity index (χ3v) is 6.56. The highest BCUT2D eigenvalue weighted by Gasteiger charge is 2.36. The maximum atomic E-state index is 4.90. The van der Waals surface area contributed by atoms with Gasteiger partial charge in [-0.3, -0.25) is 4.99 Å². The summed E-state index contributed by atoms with van der Waals surface area (Å²) >= 11 is 0. The summed E-state index contributed by atoms with van der Waals surface area (Å²) in [5, 5.41) is 9.86. The van der Waals surface area contributed by atoms with Gasteiger partial charge >= 0.3 is 0 Å². The van der Waals surface area contributed by atoms with Gasteiger partial charge in [0.1, 0.15) is 0 Å². The zero-order valence-corrected chi connectivity index (χ0v) is 20.1. The molecular formula is C24H35IN4. The molecule has 0 spiro atoms. The molecule has 0 saturated carbocycles. The Balaban J connectivity index is 0.00000240. The molecule has 0 amide bonds. The molecule has 0 radical (unpaired) electrons. The highest BCUT2D eigenvalue weighted by atomic mass is 127. The molecule has 158 valence electrons. The van der Waals surface area contributed by atoms with Crippen LogP contribution in [0.25, 0.3) is 10.8 Å². The summed E-state index contributed by atoms with van der Waals surface area (Å²) in [6.07, 6.45) is 7.53. The zero-order valence-electron chi connectivity index (χ0n) is 17.7. The molecule has 0 aromatic heterocycles. The van der Waals surface area contributed by atoms with Crippen LogP contribution in [0.4, 0.5) is 0 Å². The monoisotopic (exact) mass is 506 g/mol. The molecule has 2 saturated heterocycles. The second kappa shape index (κ2) is 10.6. The van der Waals surface area contributed by atoms with Crippen LogP contribution in [0, 0.1) is 0 Å². The van der Waals surface area contributed by atoms with Crippen LogP contribution in [-0.2, 0) is 6.42 Å². The van der Waals surface area contributed by atoms with Gasteiger partial charge in [0.05, 0.1) is 0 Å². The SMILES string of the molecule is CCNC(=NCCc1cccc2ccccc12)NC1CC2CCCC(C1)N2C.I. The number of halogens is 1. The number of rotatable bonds is 5. The van der Waals surface area contributed by atoms with Crippen molar-refractivity contribution in [3.8, 4) is 0 Å². The minimum absolute atomic E-state index is 0. The van der Waals surface area contributed by atoms with E-state index in [2.05, 4.69) is 72.0 Å². The van der Waals surface area contributed by atoms with Gasteiger partial charge in [-0.1, -0.05) is 48.9 Å². The average molecular weight is 506 g/mol. The number of hydrogen-bond acceptors (Lipinski definition) is 2. The van der Waals surface area contributed by atoms with E-state index >= 15 is 0 Å². The van der Waals surface area contributed by atoms with E-state index in [4.69, 9.17) is 4.99 Å². The first-order chi connectivity index (χ1) is 13.7. The Kier molecular flexibility index (Phi) is 8.18. The van der Waals surface area contributed by atoms with Crippen LogP contribution in [0.3, 0.4) is 0 Å². The summed E-state index contributed by atoms with van der Waals surface area (Å²) in [4.78, 5) is 7.52. The fraction of sp³-hybridized carbons (Fsp3) is 0.542. The summed E-state index contributed by atoms with van der Waals surface area (Å²) in [5.74, 6) is 0.982. The van der Waals surface area contributed by atoms with Crippen molar-refractivity contribution in [1.29, 1.82) is 0 Å². The maximum absolute atomic E-state index is 4.90. The summed E-state index contributed by atoms with van der Waals surface area (Å²) in [7, 11) is 2.31. The van der Waals surface area contributed by atoms with Crippen molar-refractivity contribution in [3.05, 3.63) is 48.0 Å². The van der Waals surface area contributed by atoms with Crippen molar-refractivity contribution in [2.24, 2.45) is 4.99 Å². The molecule has 2 unspecified atom stereocenters. The number of aliphatic imine (C=N–C) groups is 1. The van der Waals surface area contributed by atoms with Crippen molar-refractivity contribution < 1.29 is 0 Å². The van der Waals surface area contributed by atoms with Crippen molar-refractivity contribution in [1.82, 2.24) is 15.5 Å². The Bertz CT molecular complexity index is 802. The van der Waals surface area contributed by atoms with Gasteiger partial charge in [0.25, 0.3) is 0 Å². The Hall–Kier alpha value is -1.34. The van der Waals surface area contributed by atoms with Crippen LogP contribution in [0.15, 0.2) is 47.5 Å². The molecule has 2 fully saturated rings. The Labute approximate surface area is 192 Å². The third kappa shape index (κ3) is 5.43. The highest BCUT2D eigenvalue weighted by Crippen LogP contribution is 2.32. The normalized spacial score (nSPS) is 24.8. The smallest absolute Gasteiger partial charge is 0.191 e. The van der Waals surface area contributed by atoms with Gasteiger partial charge in [0, 0.05) is 31.2 Å². The second-order valence-electron chi connectivity index (χ2n) is 8.37. The van der Waals surface area contributed by atoms with Crippen LogP contribution < -0.4 is 10.6 Å². The molecule has 2 aliphatic heterocycles. The zero-order chi connectivity index (χ0) is 19.3. The van der Waals surface area contributed by atoms with Crippen LogP contribution >= 0.6 is 24.0 Å². The second-order valence-corrected chi connectivity index (χ2v) is 8.37. The summed E-state index contributed by atoms with van der Waals surface area (Å²) in [5.41, 5.74) is 1.38. The highest BCUT2D eigenvalue weighted by molar-refractivity contribution is 14.0. The van der Waals surface area contributed by atoms with Crippen molar-refractivity contribution >= 4 is 40.7 Å². The van der Waals surface area contributed by atoms with Gasteiger partial charge in [0.2, 0.25) is 0 Å². The minimum atomic E-state index is 0. The van der Waals surface area contributed by atoms with E-state index in [1.54, 1.807) is 0 Å². The molecule has 2 atom stereocenters. The number of nitrogens with one attached hydrogen (secondary N) is 2. The first kappa shape index (κ1) is 22.3. The molecule has 2 N–H and O–H groups in total. The minimum Gasteiger partial charge on any atom is -0.357 e. The Morgan fingerprint density at radius 1 is 1.07 bits per heavy atom. The molecule has 0 aliphatic carbocycles. The Morgan fingerprint density at radius 3 is 2.55 bits per heavy atom. The van der Waals surface area contributed by atoms with Gasteiger partial charge in [-0.05, 0) is 62.4 Å². The average Bonchev–Trinajstić information content (AvgIpc) is 2.69. The van der Waals surface area contributed by atoms with Crippen molar-refractivity contribution in [3.63, 3.8) is 0 Å². The van der Waals surface area contributed by atoms with E-state index in [1.165, 1.54) is 48.4 Å². The largest absolute Gasteiger partial charge is 0.357 e. The van der Waals surface area contributed by atoms with Gasteiger partial charge in [-0.15, -0.1) is 24.0 Å². The van der Waals surface area contributed by atoms with E-state index < -0.39 is 0 Å². The van der Waals surface area contributed by atoms with E-state index in [9.17, 15) is 0 Å². The molecule has 2 aromatic carbocycles. The molecule has 5 heteroatoms. The molecular weight excluding hydrogens is 471 g/mol. The van der Waals surface area contributed by atoms with Gasteiger partial charge in [0.15, 0.2) is 5.96 Å². The lowest BCUT2D eigenvalue weighted by Crippen LogP contribution is -2.56. The van der Waals surface area contributed by atoms with E-state index in [0.29, 0.717) is 6.04 Å². The lowest BCUT2D eigenvalue weighted by Gasteiger charge is -2.47. The van der Waals surface area contributed by atoms with Crippen LogP contribution in [0.5, 0.6) is 0 Å². The Morgan fingerprint density at radius 2 is 1.79 bits per heavy atom. The first-order valence-corrected chi connectivity index (χ1v) is 11.0. The predicted octanol–water partition coefficient (Wildman–Crippen LogP) is 4.57. The van der Waals surface area contributed by atoms with Crippen molar-refractivity contribution in [2.75, 3.05) is 20.1 Å². The summed E-state index contributed by atoms with van der Waals surface area (Å²) < 4.78 is 0. The molecule has 2 bridgehead atoms. The fourth-order valence-electron chi connectivity index (χ4n) is 5.05. The summed E-state index contributed by atoms with van der Waals surface area (Å²) in [6, 6.07) is 17.2. The first-order valence-electron chi connectivity index (χ1n) is 11.0. The number of hydrogen-bond donors (Lipinski definition) is 2. The lowest BCUT2D eigenvalue weighted by molar-refractivity contribution is 0.0526. The number of guanidine groups is 1. The fourth-order valence-corrected chi connectivity index (χ4v) is 5.05. The topological polar surface area (TPSA) is 39.7 Å². The number of benzene rings is 2. The van der Waals surface area contributed by atoms with E-state index in [-0.39, 0.29) is 24.0 Å². The number of piperidine rings is 2. The molecule has 4 nitrogen and oxygen atoms in total. The molecule has 2 aliphatic rings. The molecule has 2 aromatic rings. The lowest BCUT2D eigenvalue weighted by atomic mass is 9.82. The van der Waals surface area contributed by atoms with Gasteiger partial charge in [-0.2, -0.15) is 0 Å². The third-order valence-electron chi connectivity index (χ3n) is 6.56. The number of fused-ring (bicyclic) bond motifs is 3. The molecule has 29 heavy (non-hydrogen) atoms. The standard InChI is InChI=1S/C24H34N4.HI/c1-3-25-24(27-20-16-21-11-7-12-22(17-20)28(21)2)26-15-14-19-10-6-9-18-8-4-5-13-23(18)19;/h4-6,8-10,13,20-22H,3,7,11-12,14-17H2,1-2H3,(H2,25,26,27);1H. The van der Waals surface area contributed by atoms with E-state index in [0.717, 1.165) is 37.6 Å². The van der Waals surface area contributed by atoms with Crippen LogP contribution in [0.2, 0.25) is 0 Å². The van der Waals surface area contributed by atoms with Gasteiger partial charge in [-0.25, -0.2) is 0 Å². The van der Waals surface area contributed by atoms with Crippen molar-refractivity contribution in [2.45, 2.75) is 63.6 Å². The quantitative estimate of drug-likeness (QED) is 0.355. The molecule has 4 rings (SSSR count). The van der Waals surface area contributed by atoms with Crippen LogP contribution in [0.1, 0.15) is 44.6 Å². The predicted molar refractivity (Wildman–Crippen MR) is 134 cm³/mol. The summed E-state index contributed by atoms with van der Waals surface area (Å²) in [6.45, 7) is 3.85. The molecule has 2 heterocycles. The number of nitrogens with zero attached hydrogens (tertiary/aromatic N) is 2. The maximum Gasteiger partial charge on any atom is 0.191 e. The van der Waals surface area contributed by atoms with E-state index in [1.807, 2.05) is 0 Å². The van der Waals surface area contributed by atoms with Gasteiger partial charge < -0.3 is 15.5 Å².